The quantitative estimate of drug-likeness (QED) is 0.611. The van der Waals surface area contributed by atoms with Gasteiger partial charge >= 0.3 is 5.97 Å². The van der Waals surface area contributed by atoms with Crippen molar-refractivity contribution < 1.29 is 24.5 Å². The van der Waals surface area contributed by atoms with E-state index in [0.29, 0.717) is 6.61 Å². The summed E-state index contributed by atoms with van der Waals surface area (Å²) in [7, 11) is 0. The fourth-order valence-electron chi connectivity index (χ4n) is 2.91. The van der Waals surface area contributed by atoms with Crippen LogP contribution in [-0.4, -0.2) is 51.8 Å². The lowest BCUT2D eigenvalue weighted by atomic mass is 9.70. The third-order valence-corrected chi connectivity index (χ3v) is 4.66. The van der Waals surface area contributed by atoms with E-state index in [9.17, 15) is 14.7 Å². The van der Waals surface area contributed by atoms with Crippen molar-refractivity contribution in [1.29, 1.82) is 0 Å². The highest BCUT2D eigenvalue weighted by molar-refractivity contribution is 6.27. The van der Waals surface area contributed by atoms with E-state index >= 15 is 0 Å². The third kappa shape index (κ3) is 4.06. The molecule has 1 aliphatic rings. The van der Waals surface area contributed by atoms with Crippen molar-refractivity contribution >= 4 is 23.5 Å². The molecule has 4 atom stereocenters. The van der Waals surface area contributed by atoms with Crippen molar-refractivity contribution in [2.45, 2.75) is 49.3 Å². The van der Waals surface area contributed by atoms with Crippen LogP contribution in [0.4, 0.5) is 0 Å². The van der Waals surface area contributed by atoms with E-state index in [1.807, 2.05) is 37.3 Å². The number of hydrogen-bond acceptors (Lipinski definition) is 4. The number of alkyl halides is 1. The van der Waals surface area contributed by atoms with Crippen molar-refractivity contribution in [2.75, 3.05) is 6.61 Å². The molecule has 3 N–H and O–H groups in total. The molecule has 0 saturated heterocycles. The molecule has 24 heavy (non-hydrogen) atoms. The standard InChI is InChI=1S/C17H22ClNO5/c1-2-8-24-16-14(15(23)17(16,18)10-13(21)22)19-12(20)9-11-6-4-3-5-7-11/h3-7,14-16,23H,2,8-10H2,1H3,(H,19,20)(H,21,22)/t14-,15+,16+,17-/m1/s1. The summed E-state index contributed by atoms with van der Waals surface area (Å²) in [5, 5.41) is 22.0. The lowest BCUT2D eigenvalue weighted by Crippen LogP contribution is -2.76. The van der Waals surface area contributed by atoms with E-state index in [-0.39, 0.29) is 12.3 Å². The molecular weight excluding hydrogens is 334 g/mol. The molecule has 0 bridgehead atoms. The molecular formula is C17H22ClNO5. The Balaban J connectivity index is 2.02. The lowest BCUT2D eigenvalue weighted by molar-refractivity contribution is -0.162. The molecule has 0 unspecified atom stereocenters. The number of aliphatic hydroxyl groups is 1. The van der Waals surface area contributed by atoms with Gasteiger partial charge in [-0.05, 0) is 12.0 Å². The van der Waals surface area contributed by atoms with Gasteiger partial charge in [-0.25, -0.2) is 0 Å². The zero-order chi connectivity index (χ0) is 17.7. The Hall–Kier alpha value is -1.63. The highest BCUT2D eigenvalue weighted by Gasteiger charge is 2.63. The first-order valence-electron chi connectivity index (χ1n) is 7.92. The van der Waals surface area contributed by atoms with Crippen LogP contribution in [0.1, 0.15) is 25.3 Å². The number of ether oxygens (including phenoxy) is 1. The number of amides is 1. The van der Waals surface area contributed by atoms with E-state index in [2.05, 4.69) is 5.32 Å². The van der Waals surface area contributed by atoms with Crippen molar-refractivity contribution in [3.63, 3.8) is 0 Å². The van der Waals surface area contributed by atoms with E-state index in [0.717, 1.165) is 12.0 Å². The molecule has 132 valence electrons. The minimum Gasteiger partial charge on any atom is -0.481 e. The molecule has 1 fully saturated rings. The van der Waals surface area contributed by atoms with Crippen LogP contribution in [0, 0.1) is 0 Å². The summed E-state index contributed by atoms with van der Waals surface area (Å²) in [6.45, 7) is 2.28. The van der Waals surface area contributed by atoms with Crippen LogP contribution < -0.4 is 5.32 Å². The maximum Gasteiger partial charge on any atom is 0.305 e. The first-order chi connectivity index (χ1) is 11.4. The lowest BCUT2D eigenvalue weighted by Gasteiger charge is -2.54. The molecule has 1 aliphatic carbocycles. The average molecular weight is 356 g/mol. The molecule has 0 heterocycles. The molecule has 0 aromatic heterocycles. The summed E-state index contributed by atoms with van der Waals surface area (Å²) in [5.41, 5.74) is 0.845. The Morgan fingerprint density at radius 1 is 1.33 bits per heavy atom. The van der Waals surface area contributed by atoms with Gasteiger partial charge < -0.3 is 20.3 Å². The Kier molecular flexibility index (Phi) is 6.21. The summed E-state index contributed by atoms with van der Waals surface area (Å²) in [4.78, 5) is 21.8. The third-order valence-electron chi connectivity index (χ3n) is 4.09. The number of rotatable bonds is 8. The minimum atomic E-state index is -1.42. The van der Waals surface area contributed by atoms with Crippen LogP contribution >= 0.6 is 11.6 Å². The number of aliphatic carboxylic acids is 1. The minimum absolute atomic E-state index is 0.165. The van der Waals surface area contributed by atoms with Gasteiger partial charge in [-0.3, -0.25) is 9.59 Å². The van der Waals surface area contributed by atoms with Gasteiger partial charge in [0.05, 0.1) is 25.0 Å². The predicted octanol–water partition coefficient (Wildman–Crippen LogP) is 1.34. The van der Waals surface area contributed by atoms with E-state index in [4.69, 9.17) is 21.4 Å². The number of hydrogen-bond donors (Lipinski definition) is 3. The van der Waals surface area contributed by atoms with Crippen molar-refractivity contribution in [2.24, 2.45) is 0 Å². The number of carboxylic acid groups (broad SMARTS) is 1. The predicted molar refractivity (Wildman–Crippen MR) is 89.0 cm³/mol. The average Bonchev–Trinajstić information content (AvgIpc) is 2.54. The summed E-state index contributed by atoms with van der Waals surface area (Å²) < 4.78 is 5.61. The fourth-order valence-corrected chi connectivity index (χ4v) is 3.36. The second-order valence-electron chi connectivity index (χ2n) is 5.99. The molecule has 1 aromatic carbocycles. The number of nitrogens with one attached hydrogen (secondary N) is 1. The second-order valence-corrected chi connectivity index (χ2v) is 6.69. The van der Waals surface area contributed by atoms with Gasteiger partial charge in [0.2, 0.25) is 5.91 Å². The number of carboxylic acids is 1. The molecule has 1 amide bonds. The Labute approximate surface area is 145 Å². The number of carbonyl (C=O) groups is 2. The second kappa shape index (κ2) is 7.96. The number of benzene rings is 1. The number of halogens is 1. The Bertz CT molecular complexity index is 582. The summed E-state index contributed by atoms with van der Waals surface area (Å²) in [6.07, 6.45) is -1.48. The van der Waals surface area contributed by atoms with Crippen LogP contribution in [0.3, 0.4) is 0 Å². The monoisotopic (exact) mass is 355 g/mol. The van der Waals surface area contributed by atoms with Gasteiger partial charge in [0.25, 0.3) is 0 Å². The SMILES string of the molecule is CCCO[C@H]1[C@H](NC(=O)Cc2ccccc2)[C@H](O)[C@]1(Cl)CC(=O)O. The van der Waals surface area contributed by atoms with Crippen LogP contribution in [0.2, 0.25) is 0 Å². The van der Waals surface area contributed by atoms with Gasteiger partial charge in [0.15, 0.2) is 0 Å². The fraction of sp³-hybridized carbons (Fsp3) is 0.529. The Morgan fingerprint density at radius 3 is 2.58 bits per heavy atom. The molecule has 2 rings (SSSR count). The highest BCUT2D eigenvalue weighted by atomic mass is 35.5. The van der Waals surface area contributed by atoms with Crippen LogP contribution in [-0.2, 0) is 20.7 Å². The number of aliphatic hydroxyl groups excluding tert-OH is 1. The van der Waals surface area contributed by atoms with Gasteiger partial charge in [-0.15, -0.1) is 11.6 Å². The summed E-state index contributed by atoms with van der Waals surface area (Å²) >= 11 is 6.29. The largest absolute Gasteiger partial charge is 0.481 e. The van der Waals surface area contributed by atoms with Crippen LogP contribution in [0.5, 0.6) is 0 Å². The van der Waals surface area contributed by atoms with Crippen molar-refractivity contribution in [3.8, 4) is 0 Å². The number of carbonyl (C=O) groups excluding carboxylic acids is 1. The van der Waals surface area contributed by atoms with Gasteiger partial charge in [0, 0.05) is 6.61 Å². The molecule has 0 spiro atoms. The molecule has 1 saturated carbocycles. The zero-order valence-corrected chi connectivity index (χ0v) is 14.2. The van der Waals surface area contributed by atoms with E-state index < -0.39 is 35.5 Å². The zero-order valence-electron chi connectivity index (χ0n) is 13.4. The van der Waals surface area contributed by atoms with Crippen molar-refractivity contribution in [1.82, 2.24) is 5.32 Å². The smallest absolute Gasteiger partial charge is 0.305 e. The van der Waals surface area contributed by atoms with Gasteiger partial charge in [0.1, 0.15) is 11.0 Å². The molecule has 1 aromatic rings. The van der Waals surface area contributed by atoms with E-state index in [1.165, 1.54) is 0 Å². The Morgan fingerprint density at radius 2 is 2.00 bits per heavy atom. The highest BCUT2D eigenvalue weighted by Crippen LogP contribution is 2.44. The van der Waals surface area contributed by atoms with E-state index in [1.54, 1.807) is 0 Å². The topological polar surface area (TPSA) is 95.9 Å². The van der Waals surface area contributed by atoms with Crippen LogP contribution in [0.15, 0.2) is 30.3 Å². The van der Waals surface area contributed by atoms with Gasteiger partial charge in [-0.2, -0.15) is 0 Å². The molecule has 0 aliphatic heterocycles. The summed E-state index contributed by atoms with van der Waals surface area (Å²) in [6, 6.07) is 8.48. The molecule has 7 heteroatoms. The molecule has 0 radical (unpaired) electrons. The maximum absolute atomic E-state index is 12.2. The first-order valence-corrected chi connectivity index (χ1v) is 8.30. The first kappa shape index (κ1) is 18.7. The normalized spacial score (nSPS) is 28.9. The van der Waals surface area contributed by atoms with Crippen LogP contribution in [0.25, 0.3) is 0 Å². The summed E-state index contributed by atoms with van der Waals surface area (Å²) in [5.74, 6) is -1.40. The van der Waals surface area contributed by atoms with Gasteiger partial charge in [-0.1, -0.05) is 37.3 Å². The maximum atomic E-state index is 12.2. The van der Waals surface area contributed by atoms with Crippen molar-refractivity contribution in [3.05, 3.63) is 35.9 Å². The molecule has 6 nitrogen and oxygen atoms in total.